The van der Waals surface area contributed by atoms with Gasteiger partial charge in [0, 0.05) is 30.9 Å². The van der Waals surface area contributed by atoms with Crippen molar-refractivity contribution in [3.05, 3.63) is 35.0 Å². The molecule has 0 saturated carbocycles. The molecule has 1 fully saturated rings. The third-order valence-electron chi connectivity index (χ3n) is 6.49. The Balaban J connectivity index is 2.09. The fourth-order valence-electron chi connectivity index (χ4n) is 4.89. The average Bonchev–Trinajstić information content (AvgIpc) is 2.88. The summed E-state index contributed by atoms with van der Waals surface area (Å²) >= 11 is 0. The summed E-state index contributed by atoms with van der Waals surface area (Å²) < 4.78 is 21.8. The van der Waals surface area contributed by atoms with Crippen LogP contribution in [0.5, 0.6) is 11.5 Å². The second-order valence-corrected chi connectivity index (χ2v) is 8.62. The normalized spacial score (nSPS) is 20.6. The molecule has 0 unspecified atom stereocenters. The Kier molecular flexibility index (Phi) is 9.58. The maximum atomic E-state index is 13.4. The van der Waals surface area contributed by atoms with Gasteiger partial charge in [-0.3, -0.25) is 14.6 Å². The summed E-state index contributed by atoms with van der Waals surface area (Å²) in [5.74, 6) is -0.0570. The van der Waals surface area contributed by atoms with Crippen LogP contribution in [0.2, 0.25) is 0 Å². The van der Waals surface area contributed by atoms with Gasteiger partial charge in [-0.05, 0) is 46.2 Å². The van der Waals surface area contributed by atoms with Gasteiger partial charge in [0.05, 0.1) is 45.0 Å². The van der Waals surface area contributed by atoms with Crippen molar-refractivity contribution in [3.8, 4) is 11.5 Å². The summed E-state index contributed by atoms with van der Waals surface area (Å²) in [5, 5.41) is 2.96. The number of benzene rings is 1. The van der Waals surface area contributed by atoms with Crippen LogP contribution in [-0.4, -0.2) is 81.4 Å². The quantitative estimate of drug-likeness (QED) is 0.486. The highest BCUT2D eigenvalue weighted by Gasteiger charge is 2.40. The number of ether oxygens (including phenoxy) is 4. The molecule has 1 saturated heterocycles. The molecule has 0 aliphatic carbocycles. The minimum absolute atomic E-state index is 0.187. The summed E-state index contributed by atoms with van der Waals surface area (Å²) in [7, 11) is 3.05. The van der Waals surface area contributed by atoms with Crippen molar-refractivity contribution < 1.29 is 33.3 Å². The zero-order valence-corrected chi connectivity index (χ0v) is 21.8. The minimum Gasteiger partial charge on any atom is -0.493 e. The number of likely N-dealkylation sites (tertiary alicyclic amines) is 1. The van der Waals surface area contributed by atoms with Crippen LogP contribution < -0.4 is 14.8 Å². The van der Waals surface area contributed by atoms with Crippen LogP contribution in [0.15, 0.2) is 29.5 Å². The summed E-state index contributed by atoms with van der Waals surface area (Å²) in [6.45, 7) is 7.82. The number of carbonyl (C=O) groups excluding carboxylic acids is 3. The lowest BCUT2D eigenvalue weighted by Gasteiger charge is -2.40. The lowest BCUT2D eigenvalue weighted by Crippen LogP contribution is -2.52. The smallest absolute Gasteiger partial charge is 0.338 e. The van der Waals surface area contributed by atoms with Crippen molar-refractivity contribution in [1.29, 1.82) is 0 Å². The van der Waals surface area contributed by atoms with Crippen LogP contribution in [0.3, 0.4) is 0 Å². The largest absolute Gasteiger partial charge is 0.493 e. The van der Waals surface area contributed by atoms with E-state index in [4.69, 9.17) is 18.9 Å². The van der Waals surface area contributed by atoms with Crippen molar-refractivity contribution in [2.75, 3.05) is 53.6 Å². The Morgan fingerprint density at radius 3 is 2.47 bits per heavy atom. The molecule has 2 atom stereocenters. The number of hydrogen-bond donors (Lipinski definition) is 1. The number of para-hydroxylation sites is 1. The standard InChI is InChI=1S/C26H37N3O7/c1-6-29-19(16-28-14-10-11-17(15-28)24(30)35-7-2)21(25(31)36-8-3)22(27-26(29)32)18-12-9-13-20(33-4)23(18)34-5/h9,12-13,17,22H,6-8,10-11,14-16H2,1-5H3,(H,27,32)/t17-,22+/m0/s1. The number of piperidine rings is 1. The van der Waals surface area contributed by atoms with E-state index in [1.54, 1.807) is 36.9 Å². The molecule has 1 N–H and O–H groups in total. The van der Waals surface area contributed by atoms with Gasteiger partial charge in [-0.2, -0.15) is 0 Å². The van der Waals surface area contributed by atoms with Crippen LogP contribution in [-0.2, 0) is 19.1 Å². The van der Waals surface area contributed by atoms with Gasteiger partial charge < -0.3 is 24.3 Å². The first-order chi connectivity index (χ1) is 17.4. The number of rotatable bonds is 10. The maximum absolute atomic E-state index is 13.4. The molecule has 2 heterocycles. The summed E-state index contributed by atoms with van der Waals surface area (Å²) in [6.07, 6.45) is 1.57. The number of nitrogens with one attached hydrogen (secondary N) is 1. The lowest BCUT2D eigenvalue weighted by atomic mass is 9.92. The van der Waals surface area contributed by atoms with Gasteiger partial charge in [-0.15, -0.1) is 0 Å². The van der Waals surface area contributed by atoms with E-state index in [2.05, 4.69) is 10.2 Å². The maximum Gasteiger partial charge on any atom is 0.338 e. The molecular weight excluding hydrogens is 466 g/mol. The van der Waals surface area contributed by atoms with E-state index in [0.29, 0.717) is 54.6 Å². The molecule has 198 valence electrons. The van der Waals surface area contributed by atoms with Gasteiger partial charge in [0.2, 0.25) is 0 Å². The number of hydrogen-bond acceptors (Lipinski definition) is 8. The topological polar surface area (TPSA) is 107 Å². The molecule has 2 aliphatic heterocycles. The second kappa shape index (κ2) is 12.6. The van der Waals surface area contributed by atoms with Gasteiger partial charge in [0.15, 0.2) is 11.5 Å². The molecule has 36 heavy (non-hydrogen) atoms. The highest BCUT2D eigenvalue weighted by atomic mass is 16.5. The zero-order valence-electron chi connectivity index (χ0n) is 21.8. The van der Waals surface area contributed by atoms with Crippen molar-refractivity contribution in [2.45, 2.75) is 39.7 Å². The van der Waals surface area contributed by atoms with Gasteiger partial charge in [-0.25, -0.2) is 9.59 Å². The van der Waals surface area contributed by atoms with Gasteiger partial charge in [0.25, 0.3) is 0 Å². The monoisotopic (exact) mass is 503 g/mol. The first kappa shape index (κ1) is 27.3. The van der Waals surface area contributed by atoms with E-state index in [1.165, 1.54) is 14.2 Å². The fourth-order valence-corrected chi connectivity index (χ4v) is 4.89. The molecule has 2 amide bonds. The van der Waals surface area contributed by atoms with Crippen molar-refractivity contribution in [1.82, 2.24) is 15.1 Å². The van der Waals surface area contributed by atoms with Crippen LogP contribution in [0.1, 0.15) is 45.2 Å². The number of nitrogens with zero attached hydrogens (tertiary/aromatic N) is 2. The minimum atomic E-state index is -0.801. The Labute approximate surface area is 212 Å². The third kappa shape index (κ3) is 5.75. The molecule has 1 aromatic rings. The Hall–Kier alpha value is -3.27. The van der Waals surface area contributed by atoms with Crippen molar-refractivity contribution in [2.24, 2.45) is 5.92 Å². The molecule has 0 spiro atoms. The van der Waals surface area contributed by atoms with E-state index in [-0.39, 0.29) is 24.5 Å². The lowest BCUT2D eigenvalue weighted by molar-refractivity contribution is -0.150. The molecule has 10 heteroatoms. The highest BCUT2D eigenvalue weighted by molar-refractivity contribution is 5.95. The molecule has 2 aliphatic rings. The number of carbonyl (C=O) groups is 3. The Bertz CT molecular complexity index is 994. The molecular formula is C26H37N3O7. The number of esters is 2. The first-order valence-corrected chi connectivity index (χ1v) is 12.5. The van der Waals surface area contributed by atoms with E-state index >= 15 is 0 Å². The van der Waals surface area contributed by atoms with E-state index in [0.717, 1.165) is 19.4 Å². The summed E-state index contributed by atoms with van der Waals surface area (Å²) in [6, 6.07) is 4.21. The number of likely N-dealkylation sites (N-methyl/N-ethyl adjacent to an activating group) is 1. The second-order valence-electron chi connectivity index (χ2n) is 8.62. The molecule has 0 radical (unpaired) electrons. The van der Waals surface area contributed by atoms with Gasteiger partial charge >= 0.3 is 18.0 Å². The number of amides is 2. The molecule has 10 nitrogen and oxygen atoms in total. The molecule has 3 rings (SSSR count). The Morgan fingerprint density at radius 1 is 1.08 bits per heavy atom. The molecule has 1 aromatic carbocycles. The predicted octanol–water partition coefficient (Wildman–Crippen LogP) is 2.88. The predicted molar refractivity (Wildman–Crippen MR) is 133 cm³/mol. The third-order valence-corrected chi connectivity index (χ3v) is 6.49. The number of urea groups is 1. The highest BCUT2D eigenvalue weighted by Crippen LogP contribution is 2.40. The van der Waals surface area contributed by atoms with Crippen molar-refractivity contribution in [3.63, 3.8) is 0 Å². The summed E-state index contributed by atoms with van der Waals surface area (Å²) in [5.41, 5.74) is 1.48. The SMILES string of the molecule is CCOC(=O)C1=C(CN2CCC[C@H](C(=O)OCC)C2)N(CC)C(=O)N[C@@H]1c1cccc(OC)c1OC. The van der Waals surface area contributed by atoms with E-state index in [9.17, 15) is 14.4 Å². The number of methoxy groups -OCH3 is 2. The van der Waals surface area contributed by atoms with Crippen LogP contribution >= 0.6 is 0 Å². The molecule has 0 aromatic heterocycles. The van der Waals surface area contributed by atoms with Crippen LogP contribution in [0.25, 0.3) is 0 Å². The van der Waals surface area contributed by atoms with E-state index < -0.39 is 12.0 Å². The molecule has 0 bridgehead atoms. The fraction of sp³-hybridized carbons (Fsp3) is 0.577. The first-order valence-electron chi connectivity index (χ1n) is 12.5. The average molecular weight is 504 g/mol. The Morgan fingerprint density at radius 2 is 1.83 bits per heavy atom. The van der Waals surface area contributed by atoms with Crippen molar-refractivity contribution >= 4 is 18.0 Å². The van der Waals surface area contributed by atoms with Crippen LogP contribution in [0, 0.1) is 5.92 Å². The van der Waals surface area contributed by atoms with Gasteiger partial charge in [0.1, 0.15) is 0 Å². The zero-order chi connectivity index (χ0) is 26.2. The van der Waals surface area contributed by atoms with Crippen LogP contribution in [0.4, 0.5) is 4.79 Å². The van der Waals surface area contributed by atoms with Gasteiger partial charge in [-0.1, -0.05) is 12.1 Å². The van der Waals surface area contributed by atoms with E-state index in [1.807, 2.05) is 6.92 Å². The summed E-state index contributed by atoms with van der Waals surface area (Å²) in [4.78, 5) is 42.7.